The average molecular weight is 369 g/mol. The Kier molecular flexibility index (Phi) is 7.37. The second-order valence-corrected chi connectivity index (χ2v) is 6.37. The number of carbonyl (C=O) groups excluding carboxylic acids is 2. The minimum Gasteiger partial charge on any atom is -0.497 e. The first kappa shape index (κ1) is 20.5. The van der Waals surface area contributed by atoms with E-state index in [1.54, 1.807) is 38.3 Å². The Hall–Kier alpha value is -2.86. The first-order chi connectivity index (χ1) is 12.9. The Morgan fingerprint density at radius 3 is 2.37 bits per heavy atom. The van der Waals surface area contributed by atoms with Gasteiger partial charge in [-0.3, -0.25) is 14.5 Å². The Morgan fingerprint density at radius 1 is 1.07 bits per heavy atom. The second-order valence-electron chi connectivity index (χ2n) is 6.37. The molecule has 0 unspecified atom stereocenters. The summed E-state index contributed by atoms with van der Waals surface area (Å²) in [4.78, 5) is 26.7. The molecule has 0 saturated heterocycles. The molecule has 2 aromatic rings. The van der Waals surface area contributed by atoms with Gasteiger partial charge in [-0.05, 0) is 62.4 Å². The quantitative estimate of drug-likeness (QED) is 0.749. The molecule has 0 aliphatic carbocycles. The van der Waals surface area contributed by atoms with Crippen LogP contribution in [0, 0.1) is 6.92 Å². The summed E-state index contributed by atoms with van der Waals surface area (Å²) in [7, 11) is 1.59. The topological polar surface area (TPSA) is 70.7 Å². The molecule has 0 bridgehead atoms. The molecule has 0 saturated carbocycles. The SMILES string of the molecule is CCN(CC(=O)Nc1ccc(OC)cc1)[C@@H](C)C(=O)Nc1cccc(C)c1. The molecule has 2 amide bonds. The first-order valence-electron chi connectivity index (χ1n) is 8.98. The fourth-order valence-corrected chi connectivity index (χ4v) is 2.72. The minimum atomic E-state index is -0.433. The summed E-state index contributed by atoms with van der Waals surface area (Å²) in [6.07, 6.45) is 0. The lowest BCUT2D eigenvalue weighted by Crippen LogP contribution is -2.45. The van der Waals surface area contributed by atoms with E-state index < -0.39 is 6.04 Å². The van der Waals surface area contributed by atoms with E-state index in [0.29, 0.717) is 12.2 Å². The van der Waals surface area contributed by atoms with E-state index in [1.807, 2.05) is 43.0 Å². The molecule has 27 heavy (non-hydrogen) atoms. The van der Waals surface area contributed by atoms with E-state index in [0.717, 1.165) is 17.0 Å². The zero-order valence-corrected chi connectivity index (χ0v) is 16.3. The Bertz CT molecular complexity index is 774. The molecule has 1 atom stereocenters. The lowest BCUT2D eigenvalue weighted by Gasteiger charge is -2.26. The van der Waals surface area contributed by atoms with Gasteiger partial charge in [-0.15, -0.1) is 0 Å². The van der Waals surface area contributed by atoms with Crippen molar-refractivity contribution in [1.29, 1.82) is 0 Å². The normalized spacial score (nSPS) is 11.7. The molecule has 0 aliphatic rings. The molecule has 2 aromatic carbocycles. The van der Waals surface area contributed by atoms with Crippen LogP contribution in [0.4, 0.5) is 11.4 Å². The molecule has 0 fully saturated rings. The van der Waals surface area contributed by atoms with Crippen molar-refractivity contribution in [2.75, 3.05) is 30.8 Å². The van der Waals surface area contributed by atoms with Gasteiger partial charge in [0.1, 0.15) is 5.75 Å². The number of aryl methyl sites for hydroxylation is 1. The summed E-state index contributed by atoms with van der Waals surface area (Å²) in [6.45, 7) is 6.41. The van der Waals surface area contributed by atoms with Gasteiger partial charge in [0.25, 0.3) is 0 Å². The standard InChI is InChI=1S/C21H27N3O3/c1-5-24(14-20(25)22-17-9-11-19(27-4)12-10-17)16(3)21(26)23-18-8-6-7-15(2)13-18/h6-13,16H,5,14H2,1-4H3,(H,22,25)(H,23,26)/t16-/m0/s1. The van der Waals surface area contributed by atoms with Crippen molar-refractivity contribution in [2.45, 2.75) is 26.8 Å². The van der Waals surface area contributed by atoms with Crippen molar-refractivity contribution in [3.8, 4) is 5.75 Å². The fourth-order valence-electron chi connectivity index (χ4n) is 2.72. The van der Waals surface area contributed by atoms with Crippen molar-refractivity contribution >= 4 is 23.2 Å². The van der Waals surface area contributed by atoms with Crippen LogP contribution in [0.25, 0.3) is 0 Å². The van der Waals surface area contributed by atoms with Gasteiger partial charge in [0.15, 0.2) is 0 Å². The number of nitrogens with one attached hydrogen (secondary N) is 2. The predicted molar refractivity (Wildman–Crippen MR) is 108 cm³/mol. The number of benzene rings is 2. The maximum Gasteiger partial charge on any atom is 0.241 e. The van der Waals surface area contributed by atoms with Gasteiger partial charge in [-0.2, -0.15) is 0 Å². The van der Waals surface area contributed by atoms with Crippen LogP contribution in [-0.2, 0) is 9.59 Å². The maximum atomic E-state index is 12.5. The zero-order chi connectivity index (χ0) is 19.8. The Morgan fingerprint density at radius 2 is 1.78 bits per heavy atom. The molecule has 6 heteroatoms. The van der Waals surface area contributed by atoms with E-state index in [9.17, 15) is 9.59 Å². The van der Waals surface area contributed by atoms with Crippen LogP contribution in [-0.4, -0.2) is 43.0 Å². The molecule has 0 radical (unpaired) electrons. The number of methoxy groups -OCH3 is 1. The molecular formula is C21H27N3O3. The molecule has 0 spiro atoms. The second kappa shape index (κ2) is 9.73. The number of carbonyl (C=O) groups is 2. The molecular weight excluding hydrogens is 342 g/mol. The number of hydrogen-bond acceptors (Lipinski definition) is 4. The van der Waals surface area contributed by atoms with E-state index in [4.69, 9.17) is 4.74 Å². The average Bonchev–Trinajstić information content (AvgIpc) is 2.66. The van der Waals surface area contributed by atoms with Gasteiger partial charge in [-0.25, -0.2) is 0 Å². The van der Waals surface area contributed by atoms with Crippen LogP contribution in [0.2, 0.25) is 0 Å². The predicted octanol–water partition coefficient (Wildman–Crippen LogP) is 3.29. The van der Waals surface area contributed by atoms with Crippen LogP contribution < -0.4 is 15.4 Å². The number of amides is 2. The Labute approximate surface area is 160 Å². The van der Waals surface area contributed by atoms with Crippen molar-refractivity contribution in [3.63, 3.8) is 0 Å². The van der Waals surface area contributed by atoms with E-state index in [2.05, 4.69) is 10.6 Å². The van der Waals surface area contributed by atoms with Gasteiger partial charge in [0.2, 0.25) is 11.8 Å². The molecule has 2 rings (SSSR count). The van der Waals surface area contributed by atoms with Gasteiger partial charge >= 0.3 is 0 Å². The summed E-state index contributed by atoms with van der Waals surface area (Å²) in [6, 6.07) is 14.3. The lowest BCUT2D eigenvalue weighted by molar-refractivity contribution is -0.123. The number of ether oxygens (including phenoxy) is 1. The number of nitrogens with zero attached hydrogens (tertiary/aromatic N) is 1. The van der Waals surface area contributed by atoms with Crippen LogP contribution >= 0.6 is 0 Å². The highest BCUT2D eigenvalue weighted by Crippen LogP contribution is 2.15. The summed E-state index contributed by atoms with van der Waals surface area (Å²) in [5, 5.41) is 5.75. The number of hydrogen-bond donors (Lipinski definition) is 2. The summed E-state index contributed by atoms with van der Waals surface area (Å²) >= 11 is 0. The zero-order valence-electron chi connectivity index (χ0n) is 16.3. The number of rotatable bonds is 8. The highest BCUT2D eigenvalue weighted by atomic mass is 16.5. The third-order valence-corrected chi connectivity index (χ3v) is 4.34. The highest BCUT2D eigenvalue weighted by Gasteiger charge is 2.22. The monoisotopic (exact) mass is 369 g/mol. The van der Waals surface area contributed by atoms with Gasteiger partial charge in [0, 0.05) is 11.4 Å². The highest BCUT2D eigenvalue weighted by molar-refractivity contribution is 5.96. The summed E-state index contributed by atoms with van der Waals surface area (Å²) < 4.78 is 5.10. The number of likely N-dealkylation sites (N-methyl/N-ethyl adjacent to an activating group) is 1. The molecule has 6 nitrogen and oxygen atoms in total. The molecule has 144 valence electrons. The van der Waals surface area contributed by atoms with Crippen LogP contribution in [0.15, 0.2) is 48.5 Å². The van der Waals surface area contributed by atoms with Crippen molar-refractivity contribution in [1.82, 2.24) is 4.90 Å². The van der Waals surface area contributed by atoms with Crippen molar-refractivity contribution < 1.29 is 14.3 Å². The smallest absolute Gasteiger partial charge is 0.241 e. The van der Waals surface area contributed by atoms with E-state index in [-0.39, 0.29) is 18.4 Å². The van der Waals surface area contributed by atoms with Gasteiger partial charge in [-0.1, -0.05) is 19.1 Å². The van der Waals surface area contributed by atoms with Gasteiger partial charge in [0.05, 0.1) is 19.7 Å². The fraction of sp³-hybridized carbons (Fsp3) is 0.333. The minimum absolute atomic E-state index is 0.130. The molecule has 2 N–H and O–H groups in total. The summed E-state index contributed by atoms with van der Waals surface area (Å²) in [5.74, 6) is 0.418. The van der Waals surface area contributed by atoms with E-state index in [1.165, 1.54) is 0 Å². The largest absolute Gasteiger partial charge is 0.497 e. The lowest BCUT2D eigenvalue weighted by atomic mass is 10.2. The molecule has 0 aromatic heterocycles. The van der Waals surface area contributed by atoms with Crippen molar-refractivity contribution in [2.24, 2.45) is 0 Å². The first-order valence-corrected chi connectivity index (χ1v) is 8.98. The third-order valence-electron chi connectivity index (χ3n) is 4.34. The van der Waals surface area contributed by atoms with E-state index >= 15 is 0 Å². The van der Waals surface area contributed by atoms with Crippen molar-refractivity contribution in [3.05, 3.63) is 54.1 Å². The van der Waals surface area contributed by atoms with Crippen LogP contribution in [0.1, 0.15) is 19.4 Å². The van der Waals surface area contributed by atoms with Gasteiger partial charge < -0.3 is 15.4 Å². The third kappa shape index (κ3) is 6.11. The molecule has 0 heterocycles. The summed E-state index contributed by atoms with van der Waals surface area (Å²) in [5.41, 5.74) is 2.52. The Balaban J connectivity index is 1.93. The van der Waals surface area contributed by atoms with Crippen LogP contribution in [0.3, 0.4) is 0 Å². The van der Waals surface area contributed by atoms with Crippen LogP contribution in [0.5, 0.6) is 5.75 Å². The molecule has 0 aliphatic heterocycles. The number of anilines is 2. The maximum absolute atomic E-state index is 12.5.